The minimum atomic E-state index is -3.44. The number of hydrogen-bond donors (Lipinski definition) is 1. The molecule has 0 saturated carbocycles. The van der Waals surface area contributed by atoms with E-state index in [4.69, 9.17) is 5.11 Å². The topological polar surface area (TPSA) is 60.9 Å². The second-order valence-electron chi connectivity index (χ2n) is 5.23. The van der Waals surface area contributed by atoms with Crippen molar-refractivity contribution < 1.29 is 13.5 Å². The fourth-order valence-electron chi connectivity index (χ4n) is 2.48. The number of aliphatic hydroxyl groups excluding tert-OH is 1. The van der Waals surface area contributed by atoms with Crippen LogP contribution in [0.2, 0.25) is 0 Å². The predicted octanol–water partition coefficient (Wildman–Crippen LogP) is 1.45. The minimum absolute atomic E-state index is 0.110. The Bertz CT molecular complexity index is 592. The first kappa shape index (κ1) is 16.9. The van der Waals surface area contributed by atoms with Crippen LogP contribution in [0.5, 0.6) is 0 Å². The van der Waals surface area contributed by atoms with Gasteiger partial charge in [0.05, 0.1) is 11.5 Å². The molecule has 0 atom stereocenters. The average Bonchev–Trinajstić information content (AvgIpc) is 2.68. The van der Waals surface area contributed by atoms with E-state index >= 15 is 0 Å². The fourth-order valence-corrected chi connectivity index (χ4v) is 4.28. The van der Waals surface area contributed by atoms with Crippen LogP contribution in [0.4, 0.5) is 0 Å². The van der Waals surface area contributed by atoms with E-state index in [0.717, 1.165) is 23.0 Å². The lowest BCUT2D eigenvalue weighted by atomic mass is 10.2. The molecule has 0 aliphatic carbocycles. The molecular formula is C14H21BrN2O3S. The maximum absolute atomic E-state index is 12.7. The Morgan fingerprint density at radius 1 is 1.24 bits per heavy atom. The van der Waals surface area contributed by atoms with Crippen molar-refractivity contribution >= 4 is 26.0 Å². The van der Waals surface area contributed by atoms with Gasteiger partial charge in [0.2, 0.25) is 10.0 Å². The third kappa shape index (κ3) is 4.04. The number of benzene rings is 1. The van der Waals surface area contributed by atoms with Crippen molar-refractivity contribution in [1.29, 1.82) is 0 Å². The first-order valence-corrected chi connectivity index (χ1v) is 9.28. The Balaban J connectivity index is 2.17. The number of halogens is 1. The number of rotatable bonds is 4. The van der Waals surface area contributed by atoms with Crippen molar-refractivity contribution in [3.05, 3.63) is 28.2 Å². The molecule has 0 aromatic heterocycles. The minimum Gasteiger partial charge on any atom is -0.395 e. The van der Waals surface area contributed by atoms with E-state index in [2.05, 4.69) is 20.8 Å². The van der Waals surface area contributed by atoms with Crippen molar-refractivity contribution in [1.82, 2.24) is 9.21 Å². The van der Waals surface area contributed by atoms with Gasteiger partial charge in [0.1, 0.15) is 0 Å². The second-order valence-corrected chi connectivity index (χ2v) is 8.03. The fraction of sp³-hybridized carbons (Fsp3) is 0.571. The zero-order valence-corrected chi connectivity index (χ0v) is 14.5. The van der Waals surface area contributed by atoms with E-state index < -0.39 is 10.0 Å². The van der Waals surface area contributed by atoms with Crippen molar-refractivity contribution in [2.75, 3.05) is 39.3 Å². The Kier molecular flexibility index (Phi) is 5.79. The normalized spacial score (nSPS) is 18.6. The van der Waals surface area contributed by atoms with Gasteiger partial charge in [0, 0.05) is 30.7 Å². The van der Waals surface area contributed by atoms with Crippen molar-refractivity contribution in [3.63, 3.8) is 0 Å². The Morgan fingerprint density at radius 2 is 2.00 bits per heavy atom. The molecule has 5 nitrogen and oxygen atoms in total. The first-order chi connectivity index (χ1) is 9.95. The molecule has 1 N–H and O–H groups in total. The van der Waals surface area contributed by atoms with Gasteiger partial charge < -0.3 is 5.11 Å². The highest BCUT2D eigenvalue weighted by Gasteiger charge is 2.26. The molecule has 0 bridgehead atoms. The zero-order valence-electron chi connectivity index (χ0n) is 12.1. The highest BCUT2D eigenvalue weighted by atomic mass is 79.9. The van der Waals surface area contributed by atoms with Crippen LogP contribution in [0.15, 0.2) is 27.6 Å². The van der Waals surface area contributed by atoms with Crippen LogP contribution in [0.25, 0.3) is 0 Å². The van der Waals surface area contributed by atoms with Crippen LogP contribution in [-0.2, 0) is 10.0 Å². The van der Waals surface area contributed by atoms with E-state index in [9.17, 15) is 8.42 Å². The zero-order chi connectivity index (χ0) is 15.5. The summed E-state index contributed by atoms with van der Waals surface area (Å²) in [6.45, 7) is 5.08. The van der Waals surface area contributed by atoms with Crippen LogP contribution in [0, 0.1) is 6.92 Å². The smallest absolute Gasteiger partial charge is 0.243 e. The molecule has 0 unspecified atom stereocenters. The van der Waals surface area contributed by atoms with Gasteiger partial charge in [-0.05, 0) is 43.7 Å². The molecule has 1 aliphatic rings. The van der Waals surface area contributed by atoms with Gasteiger partial charge in [-0.1, -0.05) is 15.9 Å². The average molecular weight is 377 g/mol. The van der Waals surface area contributed by atoms with E-state index in [1.807, 2.05) is 6.92 Å². The quantitative estimate of drug-likeness (QED) is 0.863. The third-order valence-corrected chi connectivity index (χ3v) is 6.52. The monoisotopic (exact) mass is 376 g/mol. The summed E-state index contributed by atoms with van der Waals surface area (Å²) in [6, 6.07) is 5.12. The van der Waals surface area contributed by atoms with Gasteiger partial charge in [0.15, 0.2) is 0 Å². The molecule has 1 aromatic rings. The molecule has 1 saturated heterocycles. The van der Waals surface area contributed by atoms with E-state index in [0.29, 0.717) is 31.1 Å². The standard InChI is InChI=1S/C14H21BrN2O3S/c1-12-11-13(3-4-14(12)15)21(19,20)17-6-2-5-16(7-8-17)9-10-18/h3-4,11,18H,2,5-10H2,1H3. The molecule has 21 heavy (non-hydrogen) atoms. The molecule has 118 valence electrons. The van der Waals surface area contributed by atoms with Crippen LogP contribution in [0.3, 0.4) is 0 Å². The summed E-state index contributed by atoms with van der Waals surface area (Å²) in [4.78, 5) is 2.45. The molecule has 1 aromatic carbocycles. The number of aryl methyl sites for hydroxylation is 1. The van der Waals surface area contributed by atoms with Crippen LogP contribution >= 0.6 is 15.9 Å². The lowest BCUT2D eigenvalue weighted by Crippen LogP contribution is -2.35. The third-order valence-electron chi connectivity index (χ3n) is 3.73. The number of sulfonamides is 1. The number of β-amino-alcohol motifs (C(OH)–C–C–N with tert-alkyl or cyclic N) is 1. The van der Waals surface area contributed by atoms with Gasteiger partial charge in [0.25, 0.3) is 0 Å². The second kappa shape index (κ2) is 7.19. The number of nitrogens with zero attached hydrogens (tertiary/aromatic N) is 2. The van der Waals surface area contributed by atoms with Crippen molar-refractivity contribution in [3.8, 4) is 0 Å². The molecular weight excluding hydrogens is 356 g/mol. The van der Waals surface area contributed by atoms with Gasteiger partial charge in [-0.25, -0.2) is 8.42 Å². The maximum Gasteiger partial charge on any atom is 0.243 e. The lowest BCUT2D eigenvalue weighted by molar-refractivity contribution is 0.202. The summed E-state index contributed by atoms with van der Waals surface area (Å²) in [5.74, 6) is 0. The van der Waals surface area contributed by atoms with Crippen LogP contribution < -0.4 is 0 Å². The summed E-state index contributed by atoms with van der Waals surface area (Å²) >= 11 is 3.39. The molecule has 1 fully saturated rings. The summed E-state index contributed by atoms with van der Waals surface area (Å²) in [6.07, 6.45) is 0.786. The van der Waals surface area contributed by atoms with Crippen molar-refractivity contribution in [2.24, 2.45) is 0 Å². The molecule has 1 aliphatic heterocycles. The lowest BCUT2D eigenvalue weighted by Gasteiger charge is -2.21. The maximum atomic E-state index is 12.7. The van der Waals surface area contributed by atoms with Gasteiger partial charge in [-0.15, -0.1) is 0 Å². The predicted molar refractivity (Wildman–Crippen MR) is 85.8 cm³/mol. The Morgan fingerprint density at radius 3 is 2.67 bits per heavy atom. The molecule has 0 radical (unpaired) electrons. The highest BCUT2D eigenvalue weighted by Crippen LogP contribution is 2.23. The first-order valence-electron chi connectivity index (χ1n) is 7.04. The summed E-state index contributed by atoms with van der Waals surface area (Å²) in [5, 5.41) is 8.99. The van der Waals surface area contributed by atoms with Crippen molar-refractivity contribution in [2.45, 2.75) is 18.2 Å². The molecule has 2 rings (SSSR count). The summed E-state index contributed by atoms with van der Waals surface area (Å²) < 4.78 is 27.9. The van der Waals surface area contributed by atoms with Gasteiger partial charge in [-0.3, -0.25) is 4.90 Å². The number of hydrogen-bond acceptors (Lipinski definition) is 4. The van der Waals surface area contributed by atoms with Crippen LogP contribution in [0.1, 0.15) is 12.0 Å². The largest absolute Gasteiger partial charge is 0.395 e. The van der Waals surface area contributed by atoms with E-state index in [1.165, 1.54) is 0 Å². The molecule has 0 amide bonds. The molecule has 0 spiro atoms. The SMILES string of the molecule is Cc1cc(S(=O)(=O)N2CCCN(CCO)CC2)ccc1Br. The molecule has 7 heteroatoms. The highest BCUT2D eigenvalue weighted by molar-refractivity contribution is 9.10. The Hall–Kier alpha value is -0.470. The van der Waals surface area contributed by atoms with E-state index in [-0.39, 0.29) is 6.61 Å². The Labute approximate surface area is 134 Å². The van der Waals surface area contributed by atoms with Gasteiger partial charge in [-0.2, -0.15) is 4.31 Å². The van der Waals surface area contributed by atoms with Gasteiger partial charge >= 0.3 is 0 Å². The summed E-state index contributed by atoms with van der Waals surface area (Å²) in [7, 11) is -3.44. The summed E-state index contributed by atoms with van der Waals surface area (Å²) in [5.41, 5.74) is 0.910. The molecule has 1 heterocycles. The van der Waals surface area contributed by atoms with Crippen LogP contribution in [-0.4, -0.2) is 62.1 Å². The van der Waals surface area contributed by atoms with E-state index in [1.54, 1.807) is 22.5 Å². The number of aliphatic hydroxyl groups is 1.